The Bertz CT molecular complexity index is 1320. The molecule has 0 spiro atoms. The number of benzene rings is 3. The molecule has 0 bridgehead atoms. The van der Waals surface area contributed by atoms with Crippen LogP contribution in [0.25, 0.3) is 20.8 Å². The summed E-state index contributed by atoms with van der Waals surface area (Å²) < 4.78 is 8.39. The number of rotatable bonds is 4. The second-order valence-corrected chi connectivity index (χ2v) is 10.5. The summed E-state index contributed by atoms with van der Waals surface area (Å²) in [5.41, 5.74) is 3.89. The Kier molecular flexibility index (Phi) is 7.08. The van der Waals surface area contributed by atoms with E-state index in [-0.39, 0.29) is 11.0 Å². The zero-order valence-corrected chi connectivity index (χ0v) is 22.4. The molecule has 0 aliphatic carbocycles. The minimum Gasteiger partial charge on any atom is -0.496 e. The molecule has 0 saturated carbocycles. The number of ether oxygens (including phenoxy) is 1. The van der Waals surface area contributed by atoms with Crippen LogP contribution in [0.4, 0.5) is 5.69 Å². The zero-order chi connectivity index (χ0) is 22.8. The van der Waals surface area contributed by atoms with Crippen LogP contribution in [0.5, 0.6) is 5.75 Å². The average molecular weight is 638 g/mol. The summed E-state index contributed by atoms with van der Waals surface area (Å²) in [5, 5.41) is 6.99. The number of anilines is 1. The molecule has 0 aliphatic rings. The van der Waals surface area contributed by atoms with E-state index in [4.69, 9.17) is 21.9 Å². The monoisotopic (exact) mass is 637 g/mol. The number of fused-ring (bicyclic) bond motifs is 1. The highest BCUT2D eigenvalue weighted by molar-refractivity contribution is 14.1. The number of methoxy groups -OCH3 is 1. The molecule has 0 aliphatic heterocycles. The van der Waals surface area contributed by atoms with Crippen LogP contribution in [0.3, 0.4) is 0 Å². The van der Waals surface area contributed by atoms with Gasteiger partial charge in [0.2, 0.25) is 0 Å². The summed E-state index contributed by atoms with van der Waals surface area (Å²) in [6, 6.07) is 17.6. The molecule has 5 nitrogen and oxygen atoms in total. The molecule has 2 N–H and O–H groups in total. The molecule has 0 fully saturated rings. The third kappa shape index (κ3) is 4.95. The van der Waals surface area contributed by atoms with Crippen molar-refractivity contribution < 1.29 is 9.53 Å². The fraction of sp³-hybridized carbons (Fsp3) is 0.0870. The summed E-state index contributed by atoms with van der Waals surface area (Å²) in [6.45, 7) is 1.88. The minimum atomic E-state index is -0.351. The predicted octanol–water partition coefficient (Wildman–Crippen LogP) is 6.77. The molecule has 0 radical (unpaired) electrons. The van der Waals surface area contributed by atoms with Gasteiger partial charge in [-0.25, -0.2) is 4.98 Å². The first-order chi connectivity index (χ1) is 15.4. The SMILES string of the molecule is COc1c(C)cc(Br)cc1C(=O)NC(=S)Nc1ccc(I)cc1-c1nc2ccccc2s1. The third-order valence-electron chi connectivity index (χ3n) is 4.67. The highest BCUT2D eigenvalue weighted by Gasteiger charge is 2.18. The molecule has 0 saturated heterocycles. The molecule has 162 valence electrons. The molecule has 4 rings (SSSR count). The lowest BCUT2D eigenvalue weighted by molar-refractivity contribution is 0.0974. The van der Waals surface area contributed by atoms with E-state index < -0.39 is 0 Å². The fourth-order valence-corrected chi connectivity index (χ4v) is 5.55. The number of nitrogens with zero attached hydrogens (tertiary/aromatic N) is 1. The van der Waals surface area contributed by atoms with Crippen LogP contribution >= 0.6 is 62.1 Å². The van der Waals surface area contributed by atoms with Crippen molar-refractivity contribution in [3.8, 4) is 16.3 Å². The molecule has 4 aromatic rings. The van der Waals surface area contributed by atoms with E-state index in [1.807, 2.05) is 49.4 Å². The quantitative estimate of drug-likeness (QED) is 0.191. The van der Waals surface area contributed by atoms with E-state index in [0.29, 0.717) is 11.3 Å². The second kappa shape index (κ2) is 9.82. The smallest absolute Gasteiger partial charge is 0.261 e. The van der Waals surface area contributed by atoms with Crippen molar-refractivity contribution in [2.24, 2.45) is 0 Å². The zero-order valence-electron chi connectivity index (χ0n) is 17.0. The van der Waals surface area contributed by atoms with Crippen LogP contribution < -0.4 is 15.4 Å². The third-order valence-corrected chi connectivity index (χ3v) is 7.07. The molecule has 3 aromatic carbocycles. The van der Waals surface area contributed by atoms with Gasteiger partial charge in [0, 0.05) is 13.6 Å². The van der Waals surface area contributed by atoms with E-state index in [2.05, 4.69) is 55.2 Å². The molecule has 1 amide bonds. The van der Waals surface area contributed by atoms with Gasteiger partial charge in [-0.2, -0.15) is 0 Å². The summed E-state index contributed by atoms with van der Waals surface area (Å²) >= 11 is 12.8. The number of halogens is 2. The lowest BCUT2D eigenvalue weighted by Crippen LogP contribution is -2.34. The number of para-hydroxylation sites is 1. The molecular formula is C23H17BrIN3O2S2. The number of carbonyl (C=O) groups is 1. The number of thiazole rings is 1. The van der Waals surface area contributed by atoms with E-state index in [1.165, 1.54) is 0 Å². The molecule has 9 heteroatoms. The number of hydrogen-bond acceptors (Lipinski definition) is 5. The lowest BCUT2D eigenvalue weighted by atomic mass is 10.1. The van der Waals surface area contributed by atoms with Crippen LogP contribution in [0.2, 0.25) is 0 Å². The van der Waals surface area contributed by atoms with Crippen LogP contribution in [-0.2, 0) is 0 Å². The minimum absolute atomic E-state index is 0.193. The van der Waals surface area contributed by atoms with Crippen molar-refractivity contribution in [2.45, 2.75) is 6.92 Å². The average Bonchev–Trinajstić information content (AvgIpc) is 3.18. The number of thiocarbonyl (C=S) groups is 1. The van der Waals surface area contributed by atoms with Crippen molar-refractivity contribution in [1.29, 1.82) is 0 Å². The molecule has 1 heterocycles. The van der Waals surface area contributed by atoms with Crippen molar-refractivity contribution >= 4 is 89.0 Å². The Labute approximate surface area is 216 Å². The van der Waals surface area contributed by atoms with Crippen LogP contribution in [-0.4, -0.2) is 23.1 Å². The van der Waals surface area contributed by atoms with Crippen molar-refractivity contribution in [3.05, 3.63) is 73.8 Å². The van der Waals surface area contributed by atoms with Crippen LogP contribution in [0.1, 0.15) is 15.9 Å². The first kappa shape index (κ1) is 23.1. The maximum Gasteiger partial charge on any atom is 0.261 e. The van der Waals surface area contributed by atoms with Gasteiger partial charge in [0.1, 0.15) is 10.8 Å². The van der Waals surface area contributed by atoms with Gasteiger partial charge >= 0.3 is 0 Å². The first-order valence-corrected chi connectivity index (χ1v) is 12.6. The predicted molar refractivity (Wildman–Crippen MR) is 147 cm³/mol. The number of amides is 1. The Morgan fingerprint density at radius 2 is 1.97 bits per heavy atom. The first-order valence-electron chi connectivity index (χ1n) is 9.47. The number of aryl methyl sites for hydroxylation is 1. The molecule has 0 unspecified atom stereocenters. The molecule has 1 aromatic heterocycles. The van der Waals surface area contributed by atoms with Gasteiger partial charge in [0.15, 0.2) is 5.11 Å². The van der Waals surface area contributed by atoms with Crippen LogP contribution in [0.15, 0.2) is 59.1 Å². The standard InChI is InChI=1S/C23H17BrIN3O2S2/c1-12-9-13(24)10-16(20(12)30-2)21(29)28-23(31)27-17-8-7-14(25)11-15(17)22-26-18-5-3-4-6-19(18)32-22/h3-11H,1-2H3,(H2,27,28,29,31). The van der Waals surface area contributed by atoms with E-state index in [0.717, 1.165) is 40.1 Å². The van der Waals surface area contributed by atoms with Gasteiger partial charge in [0.05, 0.1) is 28.6 Å². The summed E-state index contributed by atoms with van der Waals surface area (Å²) in [4.78, 5) is 17.7. The van der Waals surface area contributed by atoms with Gasteiger partial charge < -0.3 is 10.1 Å². The number of hydrogen-bond donors (Lipinski definition) is 2. The Morgan fingerprint density at radius 1 is 1.19 bits per heavy atom. The van der Waals surface area contributed by atoms with Gasteiger partial charge in [-0.15, -0.1) is 11.3 Å². The largest absolute Gasteiger partial charge is 0.496 e. The van der Waals surface area contributed by atoms with Crippen molar-refractivity contribution in [2.75, 3.05) is 12.4 Å². The highest BCUT2D eigenvalue weighted by Crippen LogP contribution is 2.35. The second-order valence-electron chi connectivity index (χ2n) is 6.89. The molecule has 32 heavy (non-hydrogen) atoms. The Balaban J connectivity index is 1.60. The maximum absolute atomic E-state index is 12.9. The molecule has 0 atom stereocenters. The van der Waals surface area contributed by atoms with E-state index in [1.54, 1.807) is 24.5 Å². The van der Waals surface area contributed by atoms with Crippen LogP contribution in [0, 0.1) is 10.5 Å². The Hall–Kier alpha value is -2.08. The normalized spacial score (nSPS) is 10.8. The highest BCUT2D eigenvalue weighted by atomic mass is 127. The maximum atomic E-state index is 12.9. The van der Waals surface area contributed by atoms with Gasteiger partial charge in [-0.1, -0.05) is 28.1 Å². The summed E-state index contributed by atoms with van der Waals surface area (Å²) in [7, 11) is 1.54. The summed E-state index contributed by atoms with van der Waals surface area (Å²) in [6.07, 6.45) is 0. The topological polar surface area (TPSA) is 63.2 Å². The Morgan fingerprint density at radius 3 is 2.72 bits per heavy atom. The van der Waals surface area contributed by atoms with Gasteiger partial charge in [-0.05, 0) is 89.8 Å². The van der Waals surface area contributed by atoms with Gasteiger partial charge in [-0.3, -0.25) is 10.1 Å². The van der Waals surface area contributed by atoms with Crippen molar-refractivity contribution in [3.63, 3.8) is 0 Å². The molecular weight excluding hydrogens is 621 g/mol. The summed E-state index contributed by atoms with van der Waals surface area (Å²) in [5.74, 6) is 0.161. The number of aromatic nitrogens is 1. The van der Waals surface area contributed by atoms with Crippen molar-refractivity contribution in [1.82, 2.24) is 10.3 Å². The number of nitrogens with one attached hydrogen (secondary N) is 2. The fourth-order valence-electron chi connectivity index (χ4n) is 3.28. The lowest BCUT2D eigenvalue weighted by Gasteiger charge is -2.15. The van der Waals surface area contributed by atoms with Gasteiger partial charge in [0.25, 0.3) is 5.91 Å². The van der Waals surface area contributed by atoms with E-state index >= 15 is 0 Å². The number of carbonyl (C=O) groups excluding carboxylic acids is 1. The van der Waals surface area contributed by atoms with E-state index in [9.17, 15) is 4.79 Å².